The predicted molar refractivity (Wildman–Crippen MR) is 85.1 cm³/mol. The lowest BCUT2D eigenvalue weighted by Gasteiger charge is -2.36. The molecular weight excluding hydrogens is 342 g/mol. The molecule has 6 nitrogen and oxygen atoms in total. The maximum atomic E-state index is 12.1. The first kappa shape index (κ1) is 17.7. The molecular formula is C15H18ClNO5S. The number of carboxylic acid groups (broad SMARTS) is 1. The number of nitrogens with one attached hydrogen (secondary N) is 1. The summed E-state index contributed by atoms with van der Waals surface area (Å²) < 4.78 is 24.2. The van der Waals surface area contributed by atoms with Crippen LogP contribution in [0.25, 0.3) is 0 Å². The van der Waals surface area contributed by atoms with Crippen molar-refractivity contribution in [1.29, 1.82) is 0 Å². The first-order chi connectivity index (χ1) is 10.8. The van der Waals surface area contributed by atoms with Gasteiger partial charge in [0.25, 0.3) is 0 Å². The topological polar surface area (TPSA) is 101 Å². The van der Waals surface area contributed by atoms with Crippen LogP contribution < -0.4 is 5.32 Å². The highest BCUT2D eigenvalue weighted by Gasteiger charge is 2.45. The van der Waals surface area contributed by atoms with Crippen molar-refractivity contribution in [3.63, 3.8) is 0 Å². The van der Waals surface area contributed by atoms with Gasteiger partial charge in [0.15, 0.2) is 9.84 Å². The standard InChI is InChI=1S/C15H18ClNO5S/c16-11-2-4-12(5-3-11)23(21,22)9-8-17-13(18)10-15(14(19)20)6-1-7-15/h2-5H,1,6-10H2,(H,17,18)(H,19,20). The molecule has 0 spiro atoms. The molecule has 8 heteroatoms. The molecule has 0 aliphatic heterocycles. The molecule has 1 aliphatic carbocycles. The minimum atomic E-state index is -3.51. The van der Waals surface area contributed by atoms with Crippen molar-refractivity contribution in [2.24, 2.45) is 5.41 Å². The molecule has 23 heavy (non-hydrogen) atoms. The van der Waals surface area contributed by atoms with E-state index < -0.39 is 27.1 Å². The van der Waals surface area contributed by atoms with Crippen LogP contribution >= 0.6 is 11.6 Å². The van der Waals surface area contributed by atoms with Crippen LogP contribution in [0.5, 0.6) is 0 Å². The molecule has 0 atom stereocenters. The van der Waals surface area contributed by atoms with Crippen LogP contribution in [-0.4, -0.2) is 37.7 Å². The Kier molecular flexibility index (Phi) is 5.31. The molecule has 0 unspecified atom stereocenters. The zero-order valence-corrected chi connectivity index (χ0v) is 14.0. The summed E-state index contributed by atoms with van der Waals surface area (Å²) in [4.78, 5) is 23.2. The number of carboxylic acids is 1. The average molecular weight is 360 g/mol. The second kappa shape index (κ2) is 6.88. The second-order valence-corrected chi connectivity index (χ2v) is 8.28. The van der Waals surface area contributed by atoms with Crippen molar-refractivity contribution in [3.8, 4) is 0 Å². The molecule has 0 saturated heterocycles. The molecule has 1 fully saturated rings. The van der Waals surface area contributed by atoms with E-state index in [9.17, 15) is 23.1 Å². The summed E-state index contributed by atoms with van der Waals surface area (Å²) >= 11 is 5.71. The van der Waals surface area contributed by atoms with Crippen LogP contribution in [-0.2, 0) is 19.4 Å². The normalized spacial score (nSPS) is 16.4. The van der Waals surface area contributed by atoms with Gasteiger partial charge in [-0.1, -0.05) is 18.0 Å². The third-order valence-corrected chi connectivity index (χ3v) is 6.11. The molecule has 0 bridgehead atoms. The third kappa shape index (κ3) is 4.23. The van der Waals surface area contributed by atoms with E-state index in [-0.39, 0.29) is 23.6 Å². The molecule has 1 aliphatic rings. The number of rotatable bonds is 7. The Bertz CT molecular complexity index is 695. The van der Waals surface area contributed by atoms with E-state index in [1.807, 2.05) is 0 Å². The quantitative estimate of drug-likeness (QED) is 0.774. The van der Waals surface area contributed by atoms with Crippen LogP contribution in [0.2, 0.25) is 5.02 Å². The largest absolute Gasteiger partial charge is 0.481 e. The van der Waals surface area contributed by atoms with E-state index in [4.69, 9.17) is 11.6 Å². The lowest BCUT2D eigenvalue weighted by molar-refractivity contribution is -0.157. The van der Waals surface area contributed by atoms with Crippen molar-refractivity contribution < 1.29 is 23.1 Å². The number of benzene rings is 1. The SMILES string of the molecule is O=C(CC1(C(=O)O)CCC1)NCCS(=O)(=O)c1ccc(Cl)cc1. The van der Waals surface area contributed by atoms with Gasteiger partial charge in [-0.15, -0.1) is 0 Å². The Hall–Kier alpha value is -1.60. The Balaban J connectivity index is 1.85. The molecule has 1 amide bonds. The molecule has 0 radical (unpaired) electrons. The monoisotopic (exact) mass is 359 g/mol. The number of amides is 1. The summed E-state index contributed by atoms with van der Waals surface area (Å²) in [6, 6.07) is 5.79. The van der Waals surface area contributed by atoms with Gasteiger partial charge in [0, 0.05) is 18.0 Å². The number of sulfone groups is 1. The van der Waals surface area contributed by atoms with Crippen LogP contribution in [0.3, 0.4) is 0 Å². The van der Waals surface area contributed by atoms with Crippen LogP contribution in [0.15, 0.2) is 29.2 Å². The van der Waals surface area contributed by atoms with E-state index in [1.54, 1.807) is 0 Å². The van der Waals surface area contributed by atoms with Gasteiger partial charge in [-0.3, -0.25) is 9.59 Å². The van der Waals surface area contributed by atoms with Gasteiger partial charge in [0.2, 0.25) is 5.91 Å². The molecule has 0 aromatic heterocycles. The van der Waals surface area contributed by atoms with Crippen LogP contribution in [0, 0.1) is 5.41 Å². The Morgan fingerprint density at radius 1 is 1.22 bits per heavy atom. The van der Waals surface area contributed by atoms with Crippen molar-refractivity contribution in [1.82, 2.24) is 5.32 Å². The molecule has 2 rings (SSSR count). The zero-order valence-electron chi connectivity index (χ0n) is 12.4. The number of hydrogen-bond acceptors (Lipinski definition) is 4. The summed E-state index contributed by atoms with van der Waals surface area (Å²) in [5, 5.41) is 12.1. The Labute approximate surface area is 139 Å². The minimum absolute atomic E-state index is 0.0561. The van der Waals surface area contributed by atoms with Crippen LogP contribution in [0.4, 0.5) is 0 Å². The van der Waals surface area contributed by atoms with E-state index in [0.29, 0.717) is 17.9 Å². The minimum Gasteiger partial charge on any atom is -0.481 e. The lowest BCUT2D eigenvalue weighted by atomic mass is 9.66. The maximum absolute atomic E-state index is 12.1. The van der Waals surface area contributed by atoms with E-state index in [0.717, 1.165) is 6.42 Å². The van der Waals surface area contributed by atoms with Gasteiger partial charge in [0.1, 0.15) is 0 Å². The molecule has 126 valence electrons. The fraction of sp³-hybridized carbons (Fsp3) is 0.467. The van der Waals surface area contributed by atoms with E-state index in [1.165, 1.54) is 24.3 Å². The van der Waals surface area contributed by atoms with Crippen LogP contribution in [0.1, 0.15) is 25.7 Å². The molecule has 1 aromatic rings. The third-order valence-electron chi connectivity index (χ3n) is 4.13. The fourth-order valence-corrected chi connectivity index (χ4v) is 3.81. The van der Waals surface area contributed by atoms with Gasteiger partial charge in [0.05, 0.1) is 16.1 Å². The number of halogens is 1. The van der Waals surface area contributed by atoms with Crippen molar-refractivity contribution in [2.75, 3.05) is 12.3 Å². The van der Waals surface area contributed by atoms with Gasteiger partial charge < -0.3 is 10.4 Å². The van der Waals surface area contributed by atoms with Gasteiger partial charge in [-0.2, -0.15) is 0 Å². The second-order valence-electron chi connectivity index (χ2n) is 5.74. The smallest absolute Gasteiger partial charge is 0.310 e. The zero-order chi connectivity index (χ0) is 17.1. The van der Waals surface area contributed by atoms with Gasteiger partial charge >= 0.3 is 5.97 Å². The summed E-state index contributed by atoms with van der Waals surface area (Å²) in [6.07, 6.45) is 1.66. The Morgan fingerprint density at radius 3 is 2.30 bits per heavy atom. The van der Waals surface area contributed by atoms with Gasteiger partial charge in [-0.05, 0) is 37.1 Å². The predicted octanol–water partition coefficient (Wildman–Crippen LogP) is 1.87. The number of hydrogen-bond donors (Lipinski definition) is 2. The highest BCUT2D eigenvalue weighted by Crippen LogP contribution is 2.44. The number of carbonyl (C=O) groups excluding carboxylic acids is 1. The van der Waals surface area contributed by atoms with Crippen molar-refractivity contribution >= 4 is 33.3 Å². The summed E-state index contributed by atoms with van der Waals surface area (Å²) in [6.45, 7) is -0.0561. The molecule has 1 saturated carbocycles. The number of aliphatic carboxylic acids is 1. The summed E-state index contributed by atoms with van der Waals surface area (Å²) in [5.74, 6) is -1.65. The van der Waals surface area contributed by atoms with E-state index in [2.05, 4.69) is 5.32 Å². The molecule has 2 N–H and O–H groups in total. The number of carbonyl (C=O) groups is 2. The van der Waals surface area contributed by atoms with Gasteiger partial charge in [-0.25, -0.2) is 8.42 Å². The first-order valence-electron chi connectivity index (χ1n) is 7.24. The maximum Gasteiger partial charge on any atom is 0.310 e. The fourth-order valence-electron chi connectivity index (χ4n) is 2.52. The first-order valence-corrected chi connectivity index (χ1v) is 9.27. The highest BCUT2D eigenvalue weighted by atomic mass is 35.5. The van der Waals surface area contributed by atoms with Crippen molar-refractivity contribution in [3.05, 3.63) is 29.3 Å². The Morgan fingerprint density at radius 2 is 1.83 bits per heavy atom. The van der Waals surface area contributed by atoms with E-state index >= 15 is 0 Å². The lowest BCUT2D eigenvalue weighted by Crippen LogP contribution is -2.43. The highest BCUT2D eigenvalue weighted by molar-refractivity contribution is 7.91. The summed E-state index contributed by atoms with van der Waals surface area (Å²) in [7, 11) is -3.51. The summed E-state index contributed by atoms with van der Waals surface area (Å²) in [5.41, 5.74) is -0.973. The van der Waals surface area contributed by atoms with Crippen molar-refractivity contribution in [2.45, 2.75) is 30.6 Å². The average Bonchev–Trinajstić information content (AvgIpc) is 2.42. The molecule has 0 heterocycles. The molecule has 1 aromatic carbocycles.